The Balaban J connectivity index is 2.03. The van der Waals surface area contributed by atoms with Gasteiger partial charge in [0, 0.05) is 30.9 Å². The normalized spacial score (nSPS) is 24.5. The lowest BCUT2D eigenvalue weighted by Gasteiger charge is -2.30. The van der Waals surface area contributed by atoms with Crippen molar-refractivity contribution in [1.82, 2.24) is 47.7 Å². The molecule has 0 saturated carbocycles. The average molecular weight is 1020 g/mol. The Hall–Kier alpha value is -6.03. The Morgan fingerprint density at radius 3 is 2.01 bits per heavy atom. The molecule has 1 aromatic carbocycles. The second-order valence-corrected chi connectivity index (χ2v) is 20.1. The number of Topliss-reactive ketones (excluding diaryl/α,β-unsaturated/α-hetero) is 2. The fourth-order valence-electron chi connectivity index (χ4n) is 7.23. The number of phenols is 1. The number of aromatic hydroxyl groups is 1. The van der Waals surface area contributed by atoms with Crippen molar-refractivity contribution in [2.45, 2.75) is 128 Å². The van der Waals surface area contributed by atoms with Crippen molar-refractivity contribution in [3.8, 4) is 5.75 Å². The Kier molecular flexibility index (Phi) is 23.8. The van der Waals surface area contributed by atoms with Gasteiger partial charge in [0.2, 0.25) is 58.8 Å². The van der Waals surface area contributed by atoms with Crippen LogP contribution in [-0.2, 0) is 54.4 Å². The number of urea groups is 1. The number of nitrogens with zero attached hydrogens (tertiary/aromatic N) is 1. The Labute approximate surface area is 413 Å². The third-order valence-corrected chi connectivity index (χ3v) is 13.7. The highest BCUT2D eigenvalue weighted by Gasteiger charge is 2.41. The molecule has 1 aromatic rings. The molecular formula is C43H67N13O12S2. The lowest BCUT2D eigenvalue weighted by atomic mass is 10.0. The van der Waals surface area contributed by atoms with Crippen LogP contribution in [-0.4, -0.2) is 148 Å². The first kappa shape index (κ1) is 58.3. The molecule has 25 nitrogen and oxygen atoms in total. The van der Waals surface area contributed by atoms with E-state index in [9.17, 15) is 57.8 Å². The zero-order valence-electron chi connectivity index (χ0n) is 39.6. The number of hydrogen-bond donors (Lipinski definition) is 13. The van der Waals surface area contributed by atoms with Crippen molar-refractivity contribution in [3.63, 3.8) is 0 Å². The summed E-state index contributed by atoms with van der Waals surface area (Å²) in [5.74, 6) is -10.0. The molecule has 0 bridgehead atoms. The summed E-state index contributed by atoms with van der Waals surface area (Å²) in [6.45, 7) is 7.00. The highest BCUT2D eigenvalue weighted by molar-refractivity contribution is 8.76. The van der Waals surface area contributed by atoms with Gasteiger partial charge in [-0.15, -0.1) is 0 Å². The number of hydrazine groups is 1. The highest BCUT2D eigenvalue weighted by atomic mass is 33.1. The standard InChI is InChI=1S/C43H67N13O12S2/c1-5-22(4)37-53-42(67)27(16-23-8-10-24(57)11-9-23)49-38(63)25(44)19-69-70-20-30(51-41(66)28(17-33(46)59)50-40(65)26(12-13-32(45)58)52-43(68)54-37)35(61)36(62)31-7-6-14-56(31)55-29(15-21(2)3)39(64)48-18-34(47)60/h8-11,21-22,25-31,37,55,57H,5-7,12-20,44H2,1-4H3,(H2,45,58)(H2,46,59)(H2,47,60)(H,48,64)(H,49,63)(H,50,65)(H,51,66)(H,53,67)(H2,52,54,68)/t22-,25-,26-,27-,28-,29-,30-,31-,37+/m0/s1. The van der Waals surface area contributed by atoms with Crippen LogP contribution in [0.15, 0.2) is 24.3 Å². The molecule has 3 rings (SSSR count). The monoisotopic (exact) mass is 1020 g/mol. The van der Waals surface area contributed by atoms with Gasteiger partial charge in [-0.1, -0.05) is 61.4 Å². The SMILES string of the molecule is CC[C@H](C)[C@H]1NC(=O)N[C@@H](CCC(N)=O)C(=O)N[C@@H](CC(N)=O)C(=O)N[C@H](C(=O)C(=O)[C@@H]2CCCN2N[C@@H](CC(C)C)C(=O)NCC(N)=O)CSSC[C@H](N)C(=O)N[C@@H](Cc2ccc(O)cc2)C(=O)N1. The number of ketones is 2. The van der Waals surface area contributed by atoms with E-state index in [-0.39, 0.29) is 49.0 Å². The Morgan fingerprint density at radius 2 is 1.40 bits per heavy atom. The van der Waals surface area contributed by atoms with Gasteiger partial charge in [-0.2, -0.15) is 0 Å². The van der Waals surface area contributed by atoms with Crippen LogP contribution >= 0.6 is 21.6 Å². The topological polar surface area (TPSA) is 412 Å². The van der Waals surface area contributed by atoms with Crippen LogP contribution in [0.1, 0.15) is 78.2 Å². The van der Waals surface area contributed by atoms with Gasteiger partial charge in [0.25, 0.3) is 0 Å². The summed E-state index contributed by atoms with van der Waals surface area (Å²) in [6.07, 6.45) is -1.59. The molecule has 0 aromatic heterocycles. The summed E-state index contributed by atoms with van der Waals surface area (Å²) in [4.78, 5) is 146. The minimum absolute atomic E-state index is 0.0292. The fraction of sp³-hybridized carbons (Fsp3) is 0.605. The fourth-order valence-corrected chi connectivity index (χ4v) is 9.52. The number of rotatable bonds is 19. The smallest absolute Gasteiger partial charge is 0.317 e. The van der Waals surface area contributed by atoms with Gasteiger partial charge in [-0.3, -0.25) is 47.9 Å². The molecular weight excluding hydrogens is 955 g/mol. The number of nitrogens with two attached hydrogens (primary N) is 4. The lowest BCUT2D eigenvalue weighted by molar-refractivity contribution is -0.142. The summed E-state index contributed by atoms with van der Waals surface area (Å²) < 4.78 is 0. The first-order valence-electron chi connectivity index (χ1n) is 22.8. The van der Waals surface area contributed by atoms with E-state index in [2.05, 4.69) is 42.6 Å². The quantitative estimate of drug-likeness (QED) is 0.0473. The molecule has 10 amide bonds. The van der Waals surface area contributed by atoms with E-state index in [1.807, 2.05) is 13.8 Å². The highest BCUT2D eigenvalue weighted by Crippen LogP contribution is 2.25. The van der Waals surface area contributed by atoms with Crippen molar-refractivity contribution in [2.75, 3.05) is 24.6 Å². The predicted octanol–water partition coefficient (Wildman–Crippen LogP) is -3.47. The van der Waals surface area contributed by atoms with Gasteiger partial charge in [-0.05, 0) is 61.6 Å². The largest absolute Gasteiger partial charge is 0.508 e. The van der Waals surface area contributed by atoms with E-state index < -0.39 is 145 Å². The molecule has 2 saturated heterocycles. The maximum atomic E-state index is 14.3. The minimum Gasteiger partial charge on any atom is -0.508 e. The zero-order valence-corrected chi connectivity index (χ0v) is 41.2. The number of amides is 10. The summed E-state index contributed by atoms with van der Waals surface area (Å²) in [5.41, 5.74) is 25.9. The molecule has 17 N–H and O–H groups in total. The number of phenolic OH excluding ortho intramolecular Hbond substituents is 1. The third-order valence-electron chi connectivity index (χ3n) is 11.3. The van der Waals surface area contributed by atoms with Crippen LogP contribution in [0.2, 0.25) is 0 Å². The average Bonchev–Trinajstić information content (AvgIpc) is 3.76. The Morgan fingerprint density at radius 1 is 0.771 bits per heavy atom. The van der Waals surface area contributed by atoms with E-state index in [4.69, 9.17) is 22.9 Å². The summed E-state index contributed by atoms with van der Waals surface area (Å²) >= 11 is 0. The van der Waals surface area contributed by atoms with Crippen LogP contribution in [0.3, 0.4) is 0 Å². The molecule has 2 heterocycles. The van der Waals surface area contributed by atoms with Gasteiger partial charge in [0.05, 0.1) is 25.0 Å². The maximum absolute atomic E-state index is 14.3. The summed E-state index contributed by atoms with van der Waals surface area (Å²) in [7, 11) is 1.94. The van der Waals surface area contributed by atoms with Crippen molar-refractivity contribution in [1.29, 1.82) is 0 Å². The summed E-state index contributed by atoms with van der Waals surface area (Å²) in [6, 6.07) is -4.76. The van der Waals surface area contributed by atoms with Crippen LogP contribution in [0.25, 0.3) is 0 Å². The molecule has 0 radical (unpaired) electrons. The number of carbonyl (C=O) groups is 11. The second kappa shape index (κ2) is 28.6. The van der Waals surface area contributed by atoms with E-state index in [0.717, 1.165) is 21.6 Å². The molecule has 2 fully saturated rings. The van der Waals surface area contributed by atoms with Crippen molar-refractivity contribution in [2.24, 2.45) is 34.8 Å². The van der Waals surface area contributed by atoms with Gasteiger partial charge >= 0.3 is 6.03 Å². The van der Waals surface area contributed by atoms with Crippen LogP contribution < -0.4 is 65.6 Å². The number of hydrogen-bond acceptors (Lipinski definition) is 17. The van der Waals surface area contributed by atoms with Crippen molar-refractivity contribution >= 4 is 86.4 Å². The predicted molar refractivity (Wildman–Crippen MR) is 258 cm³/mol. The maximum Gasteiger partial charge on any atom is 0.317 e. The zero-order chi connectivity index (χ0) is 52.2. The van der Waals surface area contributed by atoms with Crippen molar-refractivity contribution < 1.29 is 57.8 Å². The molecule has 388 valence electrons. The lowest BCUT2D eigenvalue weighted by Crippen LogP contribution is -2.62. The third kappa shape index (κ3) is 19.4. The number of nitrogens with one attached hydrogen (secondary N) is 8. The van der Waals surface area contributed by atoms with E-state index in [0.29, 0.717) is 18.4 Å². The van der Waals surface area contributed by atoms with Crippen molar-refractivity contribution in [3.05, 3.63) is 29.8 Å². The molecule has 0 unspecified atom stereocenters. The summed E-state index contributed by atoms with van der Waals surface area (Å²) in [5, 5.41) is 28.9. The van der Waals surface area contributed by atoms with E-state index in [1.165, 1.54) is 17.1 Å². The first-order valence-corrected chi connectivity index (χ1v) is 25.3. The molecule has 9 atom stereocenters. The molecule has 2 aliphatic rings. The number of carbonyl (C=O) groups excluding carboxylic acids is 11. The van der Waals surface area contributed by atoms with Gasteiger partial charge in [0.15, 0.2) is 0 Å². The number of primary amides is 3. The Bertz CT molecular complexity index is 2070. The minimum atomic E-state index is -1.79. The van der Waals surface area contributed by atoms with Gasteiger partial charge < -0.3 is 65.3 Å². The van der Waals surface area contributed by atoms with E-state index >= 15 is 0 Å². The molecule has 0 aliphatic carbocycles. The van der Waals surface area contributed by atoms with Gasteiger partial charge in [0.1, 0.15) is 42.1 Å². The number of benzene rings is 1. The van der Waals surface area contributed by atoms with Gasteiger partial charge in [-0.25, -0.2) is 15.2 Å². The molecule has 27 heteroatoms. The molecule has 0 spiro atoms. The second-order valence-electron chi connectivity index (χ2n) is 17.5. The first-order chi connectivity index (χ1) is 33.0. The molecule has 70 heavy (non-hydrogen) atoms. The van der Waals surface area contributed by atoms with Crippen LogP contribution in [0.4, 0.5) is 4.79 Å². The molecule has 2 aliphatic heterocycles. The van der Waals surface area contributed by atoms with Crippen LogP contribution in [0, 0.1) is 11.8 Å². The van der Waals surface area contributed by atoms with E-state index in [1.54, 1.807) is 26.0 Å². The van der Waals surface area contributed by atoms with Crippen LogP contribution in [0.5, 0.6) is 5.75 Å².